The van der Waals surface area contributed by atoms with E-state index in [2.05, 4.69) is 15.0 Å². The maximum atomic E-state index is 11.7. The van der Waals surface area contributed by atoms with Crippen molar-refractivity contribution < 1.29 is 32.8 Å². The molecule has 3 aromatic rings. The molecule has 0 aliphatic rings. The summed E-state index contributed by atoms with van der Waals surface area (Å²) in [4.78, 5) is 11.3. The number of hydrogen-bond acceptors (Lipinski definition) is 9. The lowest BCUT2D eigenvalue weighted by Crippen LogP contribution is -2.20. The average molecular weight is 532 g/mol. The number of rotatable bonds is 12. The molecule has 11 heteroatoms. The molecule has 1 aromatic carbocycles. The van der Waals surface area contributed by atoms with Crippen LogP contribution in [0.2, 0.25) is 0 Å². The number of sulfone groups is 1. The summed E-state index contributed by atoms with van der Waals surface area (Å²) in [5.41, 5.74) is 2.25. The lowest BCUT2D eigenvalue weighted by molar-refractivity contribution is 0.0881. The van der Waals surface area contributed by atoms with Crippen LogP contribution in [-0.2, 0) is 14.6 Å². The number of aromatic amines is 1. The standard InChI is InChI=1S/C26H33N3O7S/c1-6-24(35-18(4)16(2)14-30)23-8-7-22(29-23)19-9-20(34-17(3)15-31)11-21(10-19)36-25-12-28-26(13-27-25)37(5,32)33/h6-13,16-18,29-31H,14-15H2,1-5H3/b24-6+/t16-,17+,18?/m1/s1. The molecule has 0 radical (unpaired) electrons. The van der Waals surface area contributed by atoms with Crippen LogP contribution in [0.25, 0.3) is 17.0 Å². The molecular formula is C26H33N3O7S. The third-order valence-corrected chi connectivity index (χ3v) is 6.58. The molecule has 0 amide bonds. The second-order valence-corrected chi connectivity index (χ2v) is 10.8. The highest BCUT2D eigenvalue weighted by Gasteiger charge is 2.17. The molecule has 0 fully saturated rings. The highest BCUT2D eigenvalue weighted by atomic mass is 32.2. The molecule has 0 saturated heterocycles. The minimum atomic E-state index is -3.48. The van der Waals surface area contributed by atoms with Gasteiger partial charge in [-0.1, -0.05) is 6.92 Å². The summed E-state index contributed by atoms with van der Waals surface area (Å²) in [5, 5.41) is 18.7. The number of ether oxygens (including phenoxy) is 3. The molecule has 3 atom stereocenters. The van der Waals surface area contributed by atoms with Crippen molar-refractivity contribution in [1.29, 1.82) is 0 Å². The average Bonchev–Trinajstić information content (AvgIpc) is 3.36. The van der Waals surface area contributed by atoms with Crippen molar-refractivity contribution in [2.45, 2.75) is 44.9 Å². The Kier molecular flexibility index (Phi) is 9.30. The fraction of sp³-hybridized carbons (Fsp3) is 0.385. The quantitative estimate of drug-likeness (QED) is 0.297. The van der Waals surface area contributed by atoms with Gasteiger partial charge in [-0.05, 0) is 51.1 Å². The van der Waals surface area contributed by atoms with E-state index >= 15 is 0 Å². The lowest BCUT2D eigenvalue weighted by atomic mass is 10.1. The van der Waals surface area contributed by atoms with E-state index in [0.717, 1.165) is 29.4 Å². The normalized spacial score (nSPS) is 14.6. The van der Waals surface area contributed by atoms with Crippen molar-refractivity contribution in [3.8, 4) is 28.6 Å². The first kappa shape index (κ1) is 28.2. The van der Waals surface area contributed by atoms with Crippen LogP contribution in [0.15, 0.2) is 53.8 Å². The van der Waals surface area contributed by atoms with Gasteiger partial charge in [-0.25, -0.2) is 18.4 Å². The Morgan fingerprint density at radius 3 is 2.38 bits per heavy atom. The van der Waals surface area contributed by atoms with Crippen molar-refractivity contribution in [2.24, 2.45) is 5.92 Å². The number of aliphatic hydroxyl groups is 2. The number of hydrogen-bond donors (Lipinski definition) is 3. The first-order chi connectivity index (χ1) is 17.5. The number of H-pyrrole nitrogens is 1. The molecule has 2 heterocycles. The Hall–Kier alpha value is -3.41. The summed E-state index contributed by atoms with van der Waals surface area (Å²) in [6.07, 6.45) is 4.64. The number of benzene rings is 1. The van der Waals surface area contributed by atoms with E-state index in [4.69, 9.17) is 14.2 Å². The van der Waals surface area contributed by atoms with Gasteiger partial charge in [-0.2, -0.15) is 0 Å². The maximum Gasteiger partial charge on any atom is 0.237 e. The van der Waals surface area contributed by atoms with Crippen molar-refractivity contribution >= 4 is 15.6 Å². The molecule has 37 heavy (non-hydrogen) atoms. The minimum Gasteiger partial charge on any atom is -0.489 e. The number of allylic oxidation sites excluding steroid dienone is 1. The van der Waals surface area contributed by atoms with Gasteiger partial charge in [0.2, 0.25) is 5.88 Å². The Balaban J connectivity index is 1.92. The molecule has 3 N–H and O–H groups in total. The number of nitrogens with zero attached hydrogens (tertiary/aromatic N) is 2. The van der Waals surface area contributed by atoms with Gasteiger partial charge >= 0.3 is 0 Å². The van der Waals surface area contributed by atoms with Gasteiger partial charge in [0.15, 0.2) is 14.9 Å². The van der Waals surface area contributed by atoms with Crippen LogP contribution in [0, 0.1) is 5.92 Å². The fourth-order valence-corrected chi connectivity index (χ4v) is 3.74. The van der Waals surface area contributed by atoms with Crippen molar-refractivity contribution in [3.05, 3.63) is 54.5 Å². The van der Waals surface area contributed by atoms with Crippen molar-refractivity contribution in [1.82, 2.24) is 15.0 Å². The molecule has 1 unspecified atom stereocenters. The molecular weight excluding hydrogens is 498 g/mol. The molecule has 0 aliphatic heterocycles. The Labute approximate surface area is 216 Å². The first-order valence-corrected chi connectivity index (χ1v) is 13.7. The highest BCUT2D eigenvalue weighted by Crippen LogP contribution is 2.33. The van der Waals surface area contributed by atoms with E-state index in [9.17, 15) is 18.6 Å². The number of aliphatic hydroxyl groups excluding tert-OH is 2. The summed E-state index contributed by atoms with van der Waals surface area (Å²) >= 11 is 0. The van der Waals surface area contributed by atoms with Crippen LogP contribution in [0.3, 0.4) is 0 Å². The van der Waals surface area contributed by atoms with Crippen LogP contribution in [0.5, 0.6) is 17.4 Å². The molecule has 0 spiro atoms. The van der Waals surface area contributed by atoms with E-state index in [1.165, 1.54) is 6.20 Å². The van der Waals surface area contributed by atoms with Crippen LogP contribution < -0.4 is 9.47 Å². The van der Waals surface area contributed by atoms with Gasteiger partial charge in [0.05, 0.1) is 24.7 Å². The summed E-state index contributed by atoms with van der Waals surface area (Å²) in [6, 6.07) is 9.00. The van der Waals surface area contributed by atoms with E-state index in [1.807, 2.05) is 39.0 Å². The van der Waals surface area contributed by atoms with Gasteiger partial charge in [0.1, 0.15) is 29.5 Å². The number of aromatic nitrogens is 3. The van der Waals surface area contributed by atoms with Crippen LogP contribution in [0.4, 0.5) is 0 Å². The van der Waals surface area contributed by atoms with Gasteiger partial charge in [-0.3, -0.25) is 0 Å². The minimum absolute atomic E-state index is 0.0251. The molecule has 0 saturated carbocycles. The molecule has 2 aromatic heterocycles. The maximum absolute atomic E-state index is 11.7. The molecule has 200 valence electrons. The first-order valence-electron chi connectivity index (χ1n) is 11.8. The number of nitrogens with one attached hydrogen (secondary N) is 1. The Morgan fingerprint density at radius 2 is 1.78 bits per heavy atom. The molecule has 0 aliphatic carbocycles. The third kappa shape index (κ3) is 7.54. The van der Waals surface area contributed by atoms with E-state index in [1.54, 1.807) is 25.1 Å². The topological polar surface area (TPSA) is 144 Å². The van der Waals surface area contributed by atoms with E-state index in [0.29, 0.717) is 17.3 Å². The Morgan fingerprint density at radius 1 is 1.05 bits per heavy atom. The fourth-order valence-electron chi connectivity index (χ4n) is 3.25. The van der Waals surface area contributed by atoms with Gasteiger partial charge in [0, 0.05) is 36.1 Å². The molecule has 3 rings (SSSR count). The van der Waals surface area contributed by atoms with Crippen LogP contribution in [-0.4, -0.2) is 65.3 Å². The zero-order chi connectivity index (χ0) is 27.2. The van der Waals surface area contributed by atoms with Crippen molar-refractivity contribution in [2.75, 3.05) is 19.5 Å². The summed E-state index contributed by atoms with van der Waals surface area (Å²) in [5.74, 6) is 1.57. The smallest absolute Gasteiger partial charge is 0.237 e. The predicted molar refractivity (Wildman–Crippen MR) is 139 cm³/mol. The summed E-state index contributed by atoms with van der Waals surface area (Å²) in [6.45, 7) is 7.29. The highest BCUT2D eigenvalue weighted by molar-refractivity contribution is 7.90. The van der Waals surface area contributed by atoms with Gasteiger partial charge < -0.3 is 29.4 Å². The summed E-state index contributed by atoms with van der Waals surface area (Å²) in [7, 11) is -3.48. The monoisotopic (exact) mass is 531 g/mol. The summed E-state index contributed by atoms with van der Waals surface area (Å²) < 4.78 is 41.0. The zero-order valence-corrected chi connectivity index (χ0v) is 22.3. The zero-order valence-electron chi connectivity index (χ0n) is 21.5. The van der Waals surface area contributed by atoms with Crippen LogP contribution in [0.1, 0.15) is 33.4 Å². The third-order valence-electron chi connectivity index (χ3n) is 5.61. The second-order valence-electron chi connectivity index (χ2n) is 8.79. The van der Waals surface area contributed by atoms with Gasteiger partial charge in [-0.15, -0.1) is 0 Å². The predicted octanol–water partition coefficient (Wildman–Crippen LogP) is 3.82. The SMILES string of the molecule is C/C=C(/OC(C)[C@H](C)CO)c1ccc(-c2cc(Oc3cnc(S(C)(=O)=O)cn3)cc(O[C@@H](C)CO)c2)[nH]1. The largest absolute Gasteiger partial charge is 0.489 e. The molecule has 10 nitrogen and oxygen atoms in total. The second kappa shape index (κ2) is 12.2. The Bertz CT molecular complexity index is 1320. The van der Waals surface area contributed by atoms with Gasteiger partial charge in [0.25, 0.3) is 0 Å². The van der Waals surface area contributed by atoms with E-state index in [-0.39, 0.29) is 36.1 Å². The van der Waals surface area contributed by atoms with Crippen LogP contribution >= 0.6 is 0 Å². The lowest BCUT2D eigenvalue weighted by Gasteiger charge is -2.21. The van der Waals surface area contributed by atoms with Crippen molar-refractivity contribution in [3.63, 3.8) is 0 Å². The van der Waals surface area contributed by atoms with E-state index < -0.39 is 15.9 Å². The molecule has 0 bridgehead atoms.